The third-order valence-corrected chi connectivity index (χ3v) is 9.81. The lowest BCUT2D eigenvalue weighted by Crippen LogP contribution is -2.55. The molecule has 1 aliphatic rings. The summed E-state index contributed by atoms with van der Waals surface area (Å²) in [5.74, 6) is 0. The molecule has 2 unspecified atom stereocenters. The highest BCUT2D eigenvalue weighted by Crippen LogP contribution is 2.19. The fraction of sp³-hybridized carbons (Fsp3) is 1.00. The maximum atomic E-state index is 10.1. The first-order valence-electron chi connectivity index (χ1n) is 19.5. The molecule has 1 aliphatic heterocycles. The second-order valence-corrected chi connectivity index (χ2v) is 13.9. The van der Waals surface area contributed by atoms with Crippen molar-refractivity contribution in [1.82, 2.24) is 9.80 Å². The van der Waals surface area contributed by atoms with Crippen molar-refractivity contribution in [3.8, 4) is 0 Å². The summed E-state index contributed by atoms with van der Waals surface area (Å²) in [5, 5.41) is 19.5. The molecular formula is C38H78N2O2. The monoisotopic (exact) mass is 595 g/mol. The minimum absolute atomic E-state index is 0.121. The summed E-state index contributed by atoms with van der Waals surface area (Å²) in [7, 11) is 0. The Morgan fingerprint density at radius 3 is 1.31 bits per heavy atom. The Morgan fingerprint density at radius 2 is 0.905 bits per heavy atom. The molecule has 0 amide bonds. The van der Waals surface area contributed by atoms with E-state index in [0.717, 1.165) is 19.6 Å². The van der Waals surface area contributed by atoms with Crippen LogP contribution < -0.4 is 0 Å². The van der Waals surface area contributed by atoms with Crippen LogP contribution in [0.3, 0.4) is 0 Å². The third-order valence-electron chi connectivity index (χ3n) is 9.81. The van der Waals surface area contributed by atoms with Crippen molar-refractivity contribution >= 4 is 0 Å². The molecule has 0 radical (unpaired) electrons. The maximum absolute atomic E-state index is 10.1. The highest BCUT2D eigenvalue weighted by atomic mass is 16.3. The van der Waals surface area contributed by atoms with Crippen LogP contribution in [0.25, 0.3) is 0 Å². The van der Waals surface area contributed by atoms with Gasteiger partial charge in [-0.05, 0) is 19.4 Å². The van der Waals surface area contributed by atoms with Gasteiger partial charge in [0, 0.05) is 32.2 Å². The quantitative estimate of drug-likeness (QED) is 0.0761. The van der Waals surface area contributed by atoms with E-state index in [1.165, 1.54) is 186 Å². The Bertz CT molecular complexity index is 531. The molecule has 0 aromatic heterocycles. The normalized spacial score (nSPS) is 17.3. The maximum Gasteiger partial charge on any atom is 0.0897 e. The van der Waals surface area contributed by atoms with Gasteiger partial charge in [-0.1, -0.05) is 181 Å². The molecule has 1 fully saturated rings. The first-order chi connectivity index (χ1) is 20.7. The molecule has 1 heterocycles. The molecule has 4 nitrogen and oxygen atoms in total. The summed E-state index contributed by atoms with van der Waals surface area (Å²) in [6, 6.07) is 0.542. The first kappa shape index (κ1) is 39.9. The van der Waals surface area contributed by atoms with Crippen molar-refractivity contribution < 1.29 is 10.2 Å². The van der Waals surface area contributed by atoms with Gasteiger partial charge in [0.2, 0.25) is 0 Å². The SMILES string of the molecule is CCCCCCCCCCCCCCCCCCCCCN1CCN(CC(O)CO)C(CCCCCCCCCC)C1. The summed E-state index contributed by atoms with van der Waals surface area (Å²) >= 11 is 0. The minimum Gasteiger partial charge on any atom is -0.394 e. The van der Waals surface area contributed by atoms with Crippen LogP contribution in [-0.4, -0.2) is 71.5 Å². The summed E-state index contributed by atoms with van der Waals surface area (Å²) < 4.78 is 0. The topological polar surface area (TPSA) is 46.9 Å². The lowest BCUT2D eigenvalue weighted by atomic mass is 10.0. The van der Waals surface area contributed by atoms with Crippen LogP contribution in [0, 0.1) is 0 Å². The van der Waals surface area contributed by atoms with Crippen LogP contribution in [-0.2, 0) is 0 Å². The zero-order valence-electron chi connectivity index (χ0n) is 29.0. The van der Waals surface area contributed by atoms with Gasteiger partial charge in [0.05, 0.1) is 12.7 Å². The molecule has 0 bridgehead atoms. The highest BCUT2D eigenvalue weighted by molar-refractivity contribution is 4.83. The van der Waals surface area contributed by atoms with E-state index >= 15 is 0 Å². The Labute approximate surface area is 264 Å². The molecule has 1 saturated heterocycles. The molecule has 252 valence electrons. The Kier molecular flexibility index (Phi) is 29.3. The van der Waals surface area contributed by atoms with Crippen LogP contribution in [0.5, 0.6) is 0 Å². The van der Waals surface area contributed by atoms with E-state index in [1.807, 2.05) is 0 Å². The third kappa shape index (κ3) is 24.2. The van der Waals surface area contributed by atoms with Gasteiger partial charge in [0.25, 0.3) is 0 Å². The van der Waals surface area contributed by atoms with Gasteiger partial charge in [-0.25, -0.2) is 0 Å². The largest absolute Gasteiger partial charge is 0.394 e. The van der Waals surface area contributed by atoms with Gasteiger partial charge in [-0.15, -0.1) is 0 Å². The molecule has 1 rings (SSSR count). The van der Waals surface area contributed by atoms with Crippen LogP contribution >= 0.6 is 0 Å². The van der Waals surface area contributed by atoms with Crippen molar-refractivity contribution in [2.75, 3.05) is 39.3 Å². The molecule has 2 atom stereocenters. The van der Waals surface area contributed by atoms with Gasteiger partial charge in [0.15, 0.2) is 0 Å². The summed E-state index contributed by atoms with van der Waals surface area (Å²) in [4.78, 5) is 5.15. The zero-order valence-corrected chi connectivity index (χ0v) is 29.0. The number of unbranched alkanes of at least 4 members (excludes halogenated alkanes) is 25. The second kappa shape index (κ2) is 30.8. The van der Waals surface area contributed by atoms with Crippen molar-refractivity contribution in [1.29, 1.82) is 0 Å². The molecule has 2 N–H and O–H groups in total. The smallest absolute Gasteiger partial charge is 0.0897 e. The Balaban J connectivity index is 2.00. The summed E-state index contributed by atoms with van der Waals surface area (Å²) in [6.45, 7) is 9.64. The highest BCUT2D eigenvalue weighted by Gasteiger charge is 2.27. The fourth-order valence-corrected chi connectivity index (χ4v) is 6.93. The molecule has 0 spiro atoms. The molecular weight excluding hydrogens is 516 g/mol. The Morgan fingerprint density at radius 1 is 0.524 bits per heavy atom. The number of aliphatic hydroxyl groups excluding tert-OH is 2. The lowest BCUT2D eigenvalue weighted by Gasteiger charge is -2.42. The van der Waals surface area contributed by atoms with E-state index in [0.29, 0.717) is 12.6 Å². The van der Waals surface area contributed by atoms with Crippen molar-refractivity contribution in [3.63, 3.8) is 0 Å². The molecule has 0 saturated carbocycles. The standard InChI is InChI=1S/C38H78N2O2/c1-3-5-7-9-11-13-14-15-16-17-18-19-20-21-22-23-25-27-29-31-39-32-33-40(35-38(42)36-41)37(34-39)30-28-26-24-12-10-8-6-4-2/h37-38,41-42H,3-36H2,1-2H3. The van der Waals surface area contributed by atoms with Gasteiger partial charge in [-0.3, -0.25) is 4.90 Å². The van der Waals surface area contributed by atoms with Crippen LogP contribution in [0.2, 0.25) is 0 Å². The number of aliphatic hydroxyl groups is 2. The van der Waals surface area contributed by atoms with Crippen LogP contribution in [0.15, 0.2) is 0 Å². The summed E-state index contributed by atoms with van der Waals surface area (Å²) in [6.07, 6.45) is 38.9. The summed E-state index contributed by atoms with van der Waals surface area (Å²) in [5.41, 5.74) is 0. The fourth-order valence-electron chi connectivity index (χ4n) is 6.93. The van der Waals surface area contributed by atoms with E-state index in [-0.39, 0.29) is 6.61 Å². The molecule has 0 aromatic rings. The number of nitrogens with zero attached hydrogens (tertiary/aromatic N) is 2. The number of β-amino-alcohol motifs (C(OH)–C–C–N with tert-alkyl or cyclic N) is 1. The van der Waals surface area contributed by atoms with Gasteiger partial charge in [-0.2, -0.15) is 0 Å². The number of hydrogen-bond donors (Lipinski definition) is 2. The second-order valence-electron chi connectivity index (χ2n) is 13.9. The van der Waals surface area contributed by atoms with Crippen LogP contribution in [0.4, 0.5) is 0 Å². The molecule has 4 heteroatoms. The van der Waals surface area contributed by atoms with Crippen molar-refractivity contribution in [2.45, 2.75) is 206 Å². The van der Waals surface area contributed by atoms with Gasteiger partial charge < -0.3 is 15.1 Å². The van der Waals surface area contributed by atoms with Gasteiger partial charge >= 0.3 is 0 Å². The van der Waals surface area contributed by atoms with Crippen molar-refractivity contribution in [3.05, 3.63) is 0 Å². The first-order valence-corrected chi connectivity index (χ1v) is 19.5. The van der Waals surface area contributed by atoms with E-state index in [9.17, 15) is 10.2 Å². The molecule has 0 aliphatic carbocycles. The predicted octanol–water partition coefficient (Wildman–Crippen LogP) is 10.3. The average molecular weight is 595 g/mol. The lowest BCUT2D eigenvalue weighted by molar-refractivity contribution is 0.00871. The minimum atomic E-state index is -0.600. The van der Waals surface area contributed by atoms with E-state index in [2.05, 4.69) is 23.6 Å². The van der Waals surface area contributed by atoms with E-state index in [1.54, 1.807) is 0 Å². The van der Waals surface area contributed by atoms with Gasteiger partial charge in [0.1, 0.15) is 0 Å². The predicted molar refractivity (Wildman–Crippen MR) is 186 cm³/mol. The number of piperazine rings is 1. The number of hydrogen-bond acceptors (Lipinski definition) is 4. The molecule has 0 aromatic carbocycles. The zero-order chi connectivity index (χ0) is 30.4. The Hall–Kier alpha value is -0.160. The van der Waals surface area contributed by atoms with Crippen molar-refractivity contribution in [2.24, 2.45) is 0 Å². The van der Waals surface area contributed by atoms with E-state index < -0.39 is 6.10 Å². The number of rotatable bonds is 32. The molecule has 42 heavy (non-hydrogen) atoms. The van der Waals surface area contributed by atoms with Crippen LogP contribution in [0.1, 0.15) is 194 Å². The average Bonchev–Trinajstić information content (AvgIpc) is 3.00. The van der Waals surface area contributed by atoms with E-state index in [4.69, 9.17) is 0 Å².